The lowest BCUT2D eigenvalue weighted by molar-refractivity contribution is -0.140. The maximum atomic E-state index is 13.0. The zero-order chi connectivity index (χ0) is 20.0. The first kappa shape index (κ1) is 21.3. The summed E-state index contributed by atoms with van der Waals surface area (Å²) in [5, 5.41) is 3.74. The van der Waals surface area contributed by atoms with Crippen LogP contribution >= 0.6 is 23.2 Å². The lowest BCUT2D eigenvalue weighted by atomic mass is 10.1. The summed E-state index contributed by atoms with van der Waals surface area (Å²) in [5.74, 6) is -0.347. The molecule has 0 aliphatic rings. The predicted molar refractivity (Wildman–Crippen MR) is 110 cm³/mol. The summed E-state index contributed by atoms with van der Waals surface area (Å²) in [6.45, 7) is 6.45. The van der Waals surface area contributed by atoms with Crippen molar-refractivity contribution in [3.63, 3.8) is 0 Å². The molecule has 2 rings (SSSR count). The molecule has 27 heavy (non-hydrogen) atoms. The molecule has 0 fully saturated rings. The molecular formula is C21H24Cl2N2O2. The maximum absolute atomic E-state index is 13.0. The summed E-state index contributed by atoms with van der Waals surface area (Å²) < 4.78 is 0. The van der Waals surface area contributed by atoms with E-state index in [1.165, 1.54) is 0 Å². The van der Waals surface area contributed by atoms with E-state index in [2.05, 4.69) is 5.32 Å². The largest absolute Gasteiger partial charge is 0.355 e. The smallest absolute Gasteiger partial charge is 0.242 e. The lowest BCUT2D eigenvalue weighted by Gasteiger charge is -2.29. The molecule has 144 valence electrons. The Labute approximate surface area is 170 Å². The first-order chi connectivity index (χ1) is 12.8. The Kier molecular flexibility index (Phi) is 7.69. The van der Waals surface area contributed by atoms with Crippen LogP contribution in [0.4, 0.5) is 0 Å². The van der Waals surface area contributed by atoms with Crippen LogP contribution in [0.3, 0.4) is 0 Å². The van der Waals surface area contributed by atoms with Gasteiger partial charge in [0, 0.05) is 23.1 Å². The monoisotopic (exact) mass is 406 g/mol. The number of benzene rings is 2. The van der Waals surface area contributed by atoms with E-state index in [4.69, 9.17) is 23.2 Å². The van der Waals surface area contributed by atoms with Crippen LogP contribution in [0.1, 0.15) is 30.5 Å². The van der Waals surface area contributed by atoms with Crippen LogP contribution in [0.2, 0.25) is 10.0 Å². The SMILES string of the molecule is CCNC(=O)C(C)N(Cc1cccc(C)c1)C(=O)Cc1ccc(Cl)cc1Cl. The van der Waals surface area contributed by atoms with Crippen LogP contribution in [0.15, 0.2) is 42.5 Å². The number of carbonyl (C=O) groups excluding carboxylic acids is 2. The molecular weight excluding hydrogens is 383 g/mol. The molecule has 1 atom stereocenters. The highest BCUT2D eigenvalue weighted by Gasteiger charge is 2.26. The van der Waals surface area contributed by atoms with E-state index < -0.39 is 6.04 Å². The molecule has 0 saturated heterocycles. The third kappa shape index (κ3) is 5.98. The van der Waals surface area contributed by atoms with Crippen LogP contribution in [0.5, 0.6) is 0 Å². The van der Waals surface area contributed by atoms with Gasteiger partial charge in [0.2, 0.25) is 11.8 Å². The standard InChI is InChI=1S/C21H24Cl2N2O2/c1-4-24-21(27)15(3)25(13-16-7-5-6-14(2)10-16)20(26)11-17-8-9-18(22)12-19(17)23/h5-10,12,15H,4,11,13H2,1-3H3,(H,24,27). The number of amides is 2. The van der Waals surface area contributed by atoms with Gasteiger partial charge in [-0.05, 0) is 44.0 Å². The van der Waals surface area contributed by atoms with Crippen molar-refractivity contribution in [3.05, 3.63) is 69.2 Å². The van der Waals surface area contributed by atoms with Crippen molar-refractivity contribution in [2.75, 3.05) is 6.54 Å². The molecule has 2 aromatic rings. The van der Waals surface area contributed by atoms with E-state index in [-0.39, 0.29) is 18.2 Å². The van der Waals surface area contributed by atoms with Gasteiger partial charge in [-0.2, -0.15) is 0 Å². The minimum atomic E-state index is -0.593. The fraction of sp³-hybridized carbons (Fsp3) is 0.333. The van der Waals surface area contributed by atoms with Crippen molar-refractivity contribution in [2.24, 2.45) is 0 Å². The molecule has 0 aromatic heterocycles. The second kappa shape index (κ2) is 9.77. The van der Waals surface area contributed by atoms with Crippen molar-refractivity contribution in [1.29, 1.82) is 0 Å². The zero-order valence-electron chi connectivity index (χ0n) is 15.8. The first-order valence-corrected chi connectivity index (χ1v) is 9.64. The fourth-order valence-electron chi connectivity index (χ4n) is 2.84. The quantitative estimate of drug-likeness (QED) is 0.740. The minimum absolute atomic E-state index is 0.103. The zero-order valence-corrected chi connectivity index (χ0v) is 17.3. The van der Waals surface area contributed by atoms with Gasteiger partial charge in [-0.15, -0.1) is 0 Å². The van der Waals surface area contributed by atoms with Gasteiger partial charge in [0.05, 0.1) is 6.42 Å². The Hall–Kier alpha value is -2.04. The van der Waals surface area contributed by atoms with Crippen LogP contribution in [0, 0.1) is 6.92 Å². The number of aryl methyl sites for hydroxylation is 1. The molecule has 0 radical (unpaired) electrons. The Balaban J connectivity index is 2.26. The van der Waals surface area contributed by atoms with Gasteiger partial charge in [-0.1, -0.05) is 59.1 Å². The number of hydrogen-bond donors (Lipinski definition) is 1. The lowest BCUT2D eigenvalue weighted by Crippen LogP contribution is -2.48. The number of hydrogen-bond acceptors (Lipinski definition) is 2. The van der Waals surface area contributed by atoms with Crippen molar-refractivity contribution in [2.45, 2.75) is 39.8 Å². The Bertz CT molecular complexity index is 824. The average Bonchev–Trinajstić information content (AvgIpc) is 2.61. The molecule has 0 saturated carbocycles. The van der Waals surface area contributed by atoms with Crippen LogP contribution < -0.4 is 5.32 Å². The number of likely N-dealkylation sites (N-methyl/N-ethyl adjacent to an activating group) is 1. The Morgan fingerprint density at radius 1 is 1.15 bits per heavy atom. The summed E-state index contributed by atoms with van der Waals surface area (Å²) >= 11 is 12.1. The van der Waals surface area contributed by atoms with Gasteiger partial charge < -0.3 is 10.2 Å². The Morgan fingerprint density at radius 3 is 2.52 bits per heavy atom. The van der Waals surface area contributed by atoms with Crippen molar-refractivity contribution >= 4 is 35.0 Å². The second-order valence-corrected chi connectivity index (χ2v) is 7.34. The fourth-order valence-corrected chi connectivity index (χ4v) is 3.32. The van der Waals surface area contributed by atoms with E-state index in [1.54, 1.807) is 30.0 Å². The van der Waals surface area contributed by atoms with Gasteiger partial charge >= 0.3 is 0 Å². The van der Waals surface area contributed by atoms with Gasteiger partial charge in [-0.3, -0.25) is 9.59 Å². The van der Waals surface area contributed by atoms with Gasteiger partial charge in [0.15, 0.2) is 0 Å². The summed E-state index contributed by atoms with van der Waals surface area (Å²) in [6, 6.07) is 12.4. The molecule has 1 N–H and O–H groups in total. The van der Waals surface area contributed by atoms with Gasteiger partial charge in [0.1, 0.15) is 6.04 Å². The molecule has 1 unspecified atom stereocenters. The highest BCUT2D eigenvalue weighted by atomic mass is 35.5. The van der Waals surface area contributed by atoms with Crippen molar-refractivity contribution < 1.29 is 9.59 Å². The second-order valence-electron chi connectivity index (χ2n) is 6.49. The average molecular weight is 407 g/mol. The third-order valence-electron chi connectivity index (χ3n) is 4.31. The van der Waals surface area contributed by atoms with E-state index in [9.17, 15) is 9.59 Å². The topological polar surface area (TPSA) is 49.4 Å². The number of halogens is 2. The molecule has 0 aliphatic carbocycles. The molecule has 2 aromatic carbocycles. The summed E-state index contributed by atoms with van der Waals surface area (Å²) in [7, 11) is 0. The summed E-state index contributed by atoms with van der Waals surface area (Å²) in [5.41, 5.74) is 2.76. The molecule has 0 aliphatic heterocycles. The van der Waals surface area contributed by atoms with Gasteiger partial charge in [0.25, 0.3) is 0 Å². The van der Waals surface area contributed by atoms with E-state index in [0.717, 1.165) is 11.1 Å². The van der Waals surface area contributed by atoms with Crippen LogP contribution in [-0.4, -0.2) is 29.3 Å². The van der Waals surface area contributed by atoms with Gasteiger partial charge in [-0.25, -0.2) is 0 Å². The highest BCUT2D eigenvalue weighted by molar-refractivity contribution is 6.35. The third-order valence-corrected chi connectivity index (χ3v) is 4.90. The van der Waals surface area contributed by atoms with E-state index >= 15 is 0 Å². The molecule has 0 bridgehead atoms. The minimum Gasteiger partial charge on any atom is -0.355 e. The molecule has 2 amide bonds. The molecule has 4 nitrogen and oxygen atoms in total. The van der Waals surface area contributed by atoms with E-state index in [1.807, 2.05) is 38.1 Å². The molecule has 0 heterocycles. The number of rotatable bonds is 7. The van der Waals surface area contributed by atoms with Crippen LogP contribution in [0.25, 0.3) is 0 Å². The molecule has 6 heteroatoms. The van der Waals surface area contributed by atoms with Crippen molar-refractivity contribution in [3.8, 4) is 0 Å². The number of nitrogens with zero attached hydrogens (tertiary/aromatic N) is 1. The normalized spacial score (nSPS) is 11.7. The van der Waals surface area contributed by atoms with E-state index in [0.29, 0.717) is 28.7 Å². The number of carbonyl (C=O) groups is 2. The Morgan fingerprint density at radius 2 is 1.89 bits per heavy atom. The van der Waals surface area contributed by atoms with Crippen molar-refractivity contribution in [1.82, 2.24) is 10.2 Å². The first-order valence-electron chi connectivity index (χ1n) is 8.88. The summed E-state index contributed by atoms with van der Waals surface area (Å²) in [4.78, 5) is 27.0. The highest BCUT2D eigenvalue weighted by Crippen LogP contribution is 2.22. The molecule has 0 spiro atoms. The van der Waals surface area contributed by atoms with Crippen LogP contribution in [-0.2, 0) is 22.6 Å². The predicted octanol–water partition coefficient (Wildman–Crippen LogP) is 4.40. The summed E-state index contributed by atoms with van der Waals surface area (Å²) in [6.07, 6.45) is 0.103. The number of nitrogens with one attached hydrogen (secondary N) is 1. The maximum Gasteiger partial charge on any atom is 0.242 e.